The molecule has 0 radical (unpaired) electrons. The Hall–Kier alpha value is -1.36. The molecule has 0 aromatic carbocycles. The Morgan fingerprint density at radius 1 is 0.852 bits per heavy atom. The van der Waals surface area contributed by atoms with Crippen molar-refractivity contribution in [2.24, 2.45) is 5.73 Å². The van der Waals surface area contributed by atoms with Crippen LogP contribution in [0.5, 0.6) is 0 Å². The van der Waals surface area contributed by atoms with Gasteiger partial charge in [-0.25, -0.2) is 0 Å². The van der Waals surface area contributed by atoms with Crippen molar-refractivity contribution in [2.75, 3.05) is 6.61 Å². The molecular weight excluding hydrogens is 342 g/mol. The molecule has 0 saturated carbocycles. The molecule has 5 nitrogen and oxygen atoms in total. The van der Waals surface area contributed by atoms with Gasteiger partial charge in [0.05, 0.1) is 6.04 Å². The van der Waals surface area contributed by atoms with Crippen molar-refractivity contribution >= 4 is 11.9 Å². The minimum absolute atomic E-state index is 0.0378. The number of rotatable bonds is 17. The third kappa shape index (κ3) is 17.8. The fraction of sp³-hybridized carbons (Fsp3) is 0.818. The van der Waals surface area contributed by atoms with E-state index in [1.165, 1.54) is 78.1 Å². The van der Waals surface area contributed by atoms with Crippen molar-refractivity contribution in [3.8, 4) is 0 Å². The molecule has 2 N–H and O–H groups in total. The monoisotopic (exact) mass is 383 g/mol. The van der Waals surface area contributed by atoms with Crippen molar-refractivity contribution in [2.45, 2.75) is 110 Å². The Morgan fingerprint density at radius 3 is 1.85 bits per heavy atom. The standard InChI is InChI=1S/C22H41NO4/c1-4-5-6-7-8-9-10-11-12-13-14-15-16-17-22(27-20(3)25)21(23)18-26-19(2)24/h16-17,21-22H,4-15,18,23H2,1-3H3/b17-16+/t21-,22+/m0/s1. The summed E-state index contributed by atoms with van der Waals surface area (Å²) in [6, 6.07) is -0.550. The lowest BCUT2D eigenvalue weighted by atomic mass is 10.0. The Bertz CT molecular complexity index is 409. The number of unbranched alkanes of at least 4 members (excludes halogenated alkanes) is 11. The van der Waals surface area contributed by atoms with E-state index in [9.17, 15) is 9.59 Å². The van der Waals surface area contributed by atoms with E-state index in [0.717, 1.165) is 12.8 Å². The second-order valence-corrected chi connectivity index (χ2v) is 7.29. The topological polar surface area (TPSA) is 78.6 Å². The minimum Gasteiger partial charge on any atom is -0.464 e. The molecule has 0 aliphatic heterocycles. The van der Waals surface area contributed by atoms with Crippen LogP contribution < -0.4 is 5.73 Å². The molecule has 0 aliphatic rings. The number of carbonyl (C=O) groups excluding carboxylic acids is 2. The van der Waals surface area contributed by atoms with Crippen LogP contribution in [0.3, 0.4) is 0 Å². The Kier molecular flexibility index (Phi) is 17.1. The lowest BCUT2D eigenvalue weighted by Crippen LogP contribution is -2.40. The van der Waals surface area contributed by atoms with E-state index in [2.05, 4.69) is 6.92 Å². The predicted molar refractivity (Wildman–Crippen MR) is 110 cm³/mol. The van der Waals surface area contributed by atoms with Gasteiger partial charge in [-0.05, 0) is 18.9 Å². The average Bonchev–Trinajstić information content (AvgIpc) is 2.62. The number of nitrogens with two attached hydrogens (primary N) is 1. The van der Waals surface area contributed by atoms with Gasteiger partial charge in [-0.2, -0.15) is 0 Å². The fourth-order valence-corrected chi connectivity index (χ4v) is 2.93. The number of ether oxygens (including phenoxy) is 2. The number of esters is 2. The first-order valence-corrected chi connectivity index (χ1v) is 10.7. The summed E-state index contributed by atoms with van der Waals surface area (Å²) >= 11 is 0. The molecule has 0 fully saturated rings. The lowest BCUT2D eigenvalue weighted by molar-refractivity contribution is -0.147. The molecule has 27 heavy (non-hydrogen) atoms. The van der Waals surface area contributed by atoms with Crippen LogP contribution in [0.15, 0.2) is 12.2 Å². The van der Waals surface area contributed by atoms with Crippen LogP contribution >= 0.6 is 0 Å². The van der Waals surface area contributed by atoms with Crippen LogP contribution in [-0.4, -0.2) is 30.7 Å². The number of hydrogen-bond donors (Lipinski definition) is 1. The summed E-state index contributed by atoms with van der Waals surface area (Å²) in [6.45, 7) is 4.97. The smallest absolute Gasteiger partial charge is 0.303 e. The maximum Gasteiger partial charge on any atom is 0.303 e. The minimum atomic E-state index is -0.561. The van der Waals surface area contributed by atoms with Crippen LogP contribution in [0.1, 0.15) is 97.8 Å². The van der Waals surface area contributed by atoms with Gasteiger partial charge in [0.15, 0.2) is 0 Å². The molecule has 0 spiro atoms. The van der Waals surface area contributed by atoms with Crippen LogP contribution in [0, 0.1) is 0 Å². The average molecular weight is 384 g/mol. The molecular formula is C22H41NO4. The molecule has 0 heterocycles. The molecule has 0 amide bonds. The summed E-state index contributed by atoms with van der Waals surface area (Å²) in [7, 11) is 0. The zero-order valence-electron chi connectivity index (χ0n) is 17.7. The molecule has 0 unspecified atom stereocenters. The van der Waals surface area contributed by atoms with E-state index < -0.39 is 24.1 Å². The number of allylic oxidation sites excluding steroid dienone is 1. The number of carbonyl (C=O) groups is 2. The molecule has 0 saturated heterocycles. The SMILES string of the molecule is CCCCCCCCCCCCC/C=C/[C@@H](OC(C)=O)[C@@H](N)COC(C)=O. The normalized spacial score (nSPS) is 13.5. The highest BCUT2D eigenvalue weighted by molar-refractivity contribution is 5.66. The van der Waals surface area contributed by atoms with Gasteiger partial charge in [0.1, 0.15) is 12.7 Å². The molecule has 0 aromatic rings. The first kappa shape index (κ1) is 25.6. The molecule has 0 aliphatic carbocycles. The van der Waals surface area contributed by atoms with Crippen molar-refractivity contribution < 1.29 is 19.1 Å². The van der Waals surface area contributed by atoms with Gasteiger partial charge in [-0.1, -0.05) is 77.2 Å². The van der Waals surface area contributed by atoms with E-state index in [1.807, 2.05) is 12.2 Å². The third-order valence-electron chi connectivity index (χ3n) is 4.50. The third-order valence-corrected chi connectivity index (χ3v) is 4.50. The van der Waals surface area contributed by atoms with Gasteiger partial charge in [-0.15, -0.1) is 0 Å². The molecule has 2 atom stereocenters. The summed E-state index contributed by atoms with van der Waals surface area (Å²) in [5.41, 5.74) is 5.96. The van der Waals surface area contributed by atoms with Gasteiger partial charge < -0.3 is 15.2 Å². The summed E-state index contributed by atoms with van der Waals surface area (Å²) in [5, 5.41) is 0. The predicted octanol–water partition coefficient (Wildman–Crippen LogP) is 5.07. The van der Waals surface area contributed by atoms with E-state index in [0.29, 0.717) is 0 Å². The van der Waals surface area contributed by atoms with Crippen molar-refractivity contribution in [3.05, 3.63) is 12.2 Å². The molecule has 0 rings (SSSR count). The van der Waals surface area contributed by atoms with Crippen LogP contribution in [0.2, 0.25) is 0 Å². The quantitative estimate of drug-likeness (QED) is 0.216. The summed E-state index contributed by atoms with van der Waals surface area (Å²) in [5.74, 6) is -0.783. The molecule has 5 heteroatoms. The Morgan fingerprint density at radius 2 is 1.37 bits per heavy atom. The van der Waals surface area contributed by atoms with Gasteiger partial charge >= 0.3 is 11.9 Å². The van der Waals surface area contributed by atoms with Crippen molar-refractivity contribution in [3.63, 3.8) is 0 Å². The second kappa shape index (κ2) is 18.0. The molecule has 0 aromatic heterocycles. The zero-order valence-corrected chi connectivity index (χ0v) is 17.7. The van der Waals surface area contributed by atoms with Gasteiger partial charge in [0, 0.05) is 13.8 Å². The summed E-state index contributed by atoms with van der Waals surface area (Å²) < 4.78 is 10.1. The maximum atomic E-state index is 11.2. The van der Waals surface area contributed by atoms with Gasteiger partial charge in [-0.3, -0.25) is 9.59 Å². The molecule has 158 valence electrons. The van der Waals surface area contributed by atoms with Crippen LogP contribution in [0.4, 0.5) is 0 Å². The van der Waals surface area contributed by atoms with E-state index in [4.69, 9.17) is 15.2 Å². The largest absolute Gasteiger partial charge is 0.464 e. The van der Waals surface area contributed by atoms with Gasteiger partial charge in [0.25, 0.3) is 0 Å². The maximum absolute atomic E-state index is 11.2. The highest BCUT2D eigenvalue weighted by Gasteiger charge is 2.19. The fourth-order valence-electron chi connectivity index (χ4n) is 2.93. The lowest BCUT2D eigenvalue weighted by Gasteiger charge is -2.20. The number of hydrogen-bond acceptors (Lipinski definition) is 5. The molecule has 0 bridgehead atoms. The van der Waals surface area contributed by atoms with E-state index >= 15 is 0 Å². The first-order chi connectivity index (χ1) is 13.0. The van der Waals surface area contributed by atoms with E-state index in [1.54, 1.807) is 0 Å². The van der Waals surface area contributed by atoms with Crippen LogP contribution in [0.25, 0.3) is 0 Å². The first-order valence-electron chi connectivity index (χ1n) is 10.7. The highest BCUT2D eigenvalue weighted by Crippen LogP contribution is 2.12. The van der Waals surface area contributed by atoms with Crippen molar-refractivity contribution in [1.29, 1.82) is 0 Å². The highest BCUT2D eigenvalue weighted by atomic mass is 16.6. The van der Waals surface area contributed by atoms with Crippen molar-refractivity contribution in [1.82, 2.24) is 0 Å². The Balaban J connectivity index is 3.79. The summed E-state index contributed by atoms with van der Waals surface area (Å²) in [4.78, 5) is 22.1. The zero-order chi connectivity index (χ0) is 20.3. The summed E-state index contributed by atoms with van der Waals surface area (Å²) in [6.07, 6.45) is 18.7. The van der Waals surface area contributed by atoms with Gasteiger partial charge in [0.2, 0.25) is 0 Å². The van der Waals surface area contributed by atoms with E-state index in [-0.39, 0.29) is 6.61 Å². The van der Waals surface area contributed by atoms with Crippen LogP contribution in [-0.2, 0) is 19.1 Å². The Labute approximate surface area is 166 Å². The second-order valence-electron chi connectivity index (χ2n) is 7.29.